The molecule has 0 aromatic heterocycles. The summed E-state index contributed by atoms with van der Waals surface area (Å²) >= 11 is 0. The molecular weight excluding hydrogens is 456 g/mol. The Hall–Kier alpha value is -2.52. The summed E-state index contributed by atoms with van der Waals surface area (Å²) in [7, 11) is 0. The van der Waals surface area contributed by atoms with Crippen LogP contribution >= 0.6 is 0 Å². The number of carbonyl (C=O) groups excluding carboxylic acids is 4. The Morgan fingerprint density at radius 2 is 1.89 bits per heavy atom. The molecule has 9 nitrogen and oxygen atoms in total. The summed E-state index contributed by atoms with van der Waals surface area (Å²) in [5, 5.41) is 9.90. The first-order valence-corrected chi connectivity index (χ1v) is 12.3. The van der Waals surface area contributed by atoms with Gasteiger partial charge in [0, 0.05) is 24.2 Å². The summed E-state index contributed by atoms with van der Waals surface area (Å²) in [5.74, 6) is -1.73. The third-order valence-electron chi connectivity index (χ3n) is 10.2. The molecule has 0 unspecified atom stereocenters. The third-order valence-corrected chi connectivity index (χ3v) is 10.2. The first kappa shape index (κ1) is 22.9. The summed E-state index contributed by atoms with van der Waals surface area (Å²) in [5.41, 5.74) is -2.94. The smallest absolute Gasteiger partial charge is 0.340 e. The van der Waals surface area contributed by atoms with Gasteiger partial charge in [0.25, 0.3) is 0 Å². The summed E-state index contributed by atoms with van der Waals surface area (Å²) in [6.07, 6.45) is 3.23. The van der Waals surface area contributed by atoms with Crippen LogP contribution in [0, 0.1) is 28.1 Å². The molecule has 0 amide bonds. The van der Waals surface area contributed by atoms with Gasteiger partial charge in [-0.15, -0.1) is 0 Å². The Kier molecular flexibility index (Phi) is 4.47. The van der Waals surface area contributed by atoms with Crippen LogP contribution in [0.15, 0.2) is 23.8 Å². The van der Waals surface area contributed by atoms with Gasteiger partial charge in [0.15, 0.2) is 11.9 Å². The highest BCUT2D eigenvalue weighted by atomic mass is 16.7. The van der Waals surface area contributed by atoms with Crippen molar-refractivity contribution in [2.45, 2.75) is 83.6 Å². The topological polar surface area (TPSA) is 129 Å². The van der Waals surface area contributed by atoms with Gasteiger partial charge in [0.1, 0.15) is 17.8 Å². The molecule has 188 valence electrons. The van der Waals surface area contributed by atoms with Crippen LogP contribution in [0.1, 0.15) is 53.4 Å². The molecule has 2 saturated heterocycles. The number of ether oxygens (including phenoxy) is 4. The second-order valence-electron chi connectivity index (χ2n) is 11.7. The van der Waals surface area contributed by atoms with E-state index in [2.05, 4.69) is 6.92 Å². The molecule has 10 atom stereocenters. The molecule has 1 N–H and O–H groups in total. The lowest BCUT2D eigenvalue weighted by atomic mass is 9.37. The van der Waals surface area contributed by atoms with Crippen LogP contribution < -0.4 is 0 Å². The molecule has 1 spiro atoms. The lowest BCUT2D eigenvalue weighted by Crippen LogP contribution is -2.73. The Labute approximate surface area is 202 Å². The fourth-order valence-electron chi connectivity index (χ4n) is 8.65. The van der Waals surface area contributed by atoms with E-state index in [1.165, 1.54) is 13.0 Å². The number of aliphatic hydroxyl groups excluding tert-OH is 1. The minimum atomic E-state index is -1.39. The number of cyclic esters (lactones) is 2. The summed E-state index contributed by atoms with van der Waals surface area (Å²) < 4.78 is 23.0. The van der Waals surface area contributed by atoms with Gasteiger partial charge in [-0.3, -0.25) is 9.59 Å². The first-order valence-electron chi connectivity index (χ1n) is 12.3. The van der Waals surface area contributed by atoms with Crippen molar-refractivity contribution in [2.24, 2.45) is 28.1 Å². The van der Waals surface area contributed by atoms with Crippen molar-refractivity contribution in [1.82, 2.24) is 0 Å². The fourth-order valence-corrected chi connectivity index (χ4v) is 8.65. The second kappa shape index (κ2) is 6.82. The van der Waals surface area contributed by atoms with Crippen LogP contribution in [0.4, 0.5) is 0 Å². The van der Waals surface area contributed by atoms with Crippen LogP contribution in [-0.4, -0.2) is 59.0 Å². The molecule has 9 heteroatoms. The lowest BCUT2D eigenvalue weighted by molar-refractivity contribution is -0.240. The number of epoxide rings is 1. The number of aliphatic hydroxyl groups is 1. The van der Waals surface area contributed by atoms with Crippen LogP contribution in [0.2, 0.25) is 0 Å². The molecule has 4 fully saturated rings. The highest BCUT2D eigenvalue weighted by Gasteiger charge is 2.88. The third kappa shape index (κ3) is 2.61. The molecule has 3 aliphatic heterocycles. The van der Waals surface area contributed by atoms with Gasteiger partial charge in [0.2, 0.25) is 6.29 Å². The van der Waals surface area contributed by atoms with Crippen molar-refractivity contribution >= 4 is 23.7 Å². The molecule has 0 aromatic rings. The zero-order valence-corrected chi connectivity index (χ0v) is 20.2. The predicted octanol–water partition coefficient (Wildman–Crippen LogP) is 1.76. The maximum atomic E-state index is 13.2. The number of hydrogen-bond donors (Lipinski definition) is 1. The van der Waals surface area contributed by atoms with Crippen LogP contribution in [0.25, 0.3) is 0 Å². The highest BCUT2D eigenvalue weighted by Crippen LogP contribution is 2.78. The average Bonchev–Trinajstić information content (AvgIpc) is 3.46. The number of allylic oxidation sites excluding steroid dienone is 2. The maximum absolute atomic E-state index is 13.2. The number of esters is 3. The molecule has 0 radical (unpaired) electrons. The van der Waals surface area contributed by atoms with E-state index in [1.807, 2.05) is 19.9 Å². The number of rotatable bonds is 2. The number of fused-ring (bicyclic) bond motifs is 3. The van der Waals surface area contributed by atoms with E-state index in [0.717, 1.165) is 0 Å². The second-order valence-corrected chi connectivity index (χ2v) is 11.7. The standard InChI is InChI=1S/C26H30O9/c1-12(27)32-17-10-13-9-14(28)5-7-23(13,2)16-6-8-24(3)19(15-11-18(29)33-21(15)30)34-22(31)20-26(24,35-20)25(16,17)4/h5,7,11,13,16-20,29H,6,8-10H2,1-4H3/t13-,16-,17-,18-,19+,20-,23+,24+,25+,26-/m1/s1. The van der Waals surface area contributed by atoms with E-state index in [1.54, 1.807) is 6.08 Å². The number of hydrogen-bond acceptors (Lipinski definition) is 9. The molecular formula is C26H30O9. The van der Waals surface area contributed by atoms with E-state index < -0.39 is 58.9 Å². The van der Waals surface area contributed by atoms with Crippen molar-refractivity contribution < 1.29 is 43.2 Å². The van der Waals surface area contributed by atoms with Crippen LogP contribution in [-0.2, 0) is 38.1 Å². The van der Waals surface area contributed by atoms with Gasteiger partial charge in [-0.2, -0.15) is 0 Å². The van der Waals surface area contributed by atoms with Crippen LogP contribution in [0.3, 0.4) is 0 Å². The van der Waals surface area contributed by atoms with E-state index in [-0.39, 0.29) is 28.6 Å². The quantitative estimate of drug-likeness (QED) is 0.353. The molecule has 0 aromatic carbocycles. The van der Waals surface area contributed by atoms with Gasteiger partial charge in [0.05, 0.1) is 5.57 Å². The van der Waals surface area contributed by atoms with Crippen LogP contribution in [0.5, 0.6) is 0 Å². The number of ketones is 1. The van der Waals surface area contributed by atoms with Crippen molar-refractivity contribution in [2.75, 3.05) is 0 Å². The Balaban J connectivity index is 1.52. The average molecular weight is 487 g/mol. The van der Waals surface area contributed by atoms with Gasteiger partial charge < -0.3 is 24.1 Å². The molecule has 0 bridgehead atoms. The van der Waals surface area contributed by atoms with Crippen molar-refractivity contribution in [3.05, 3.63) is 23.8 Å². The minimum absolute atomic E-state index is 0.00520. The summed E-state index contributed by atoms with van der Waals surface area (Å²) in [6, 6.07) is 0. The molecule has 3 aliphatic carbocycles. The van der Waals surface area contributed by atoms with Crippen molar-refractivity contribution in [3.63, 3.8) is 0 Å². The van der Waals surface area contributed by atoms with Gasteiger partial charge in [-0.05, 0) is 48.7 Å². The van der Waals surface area contributed by atoms with Gasteiger partial charge in [-0.1, -0.05) is 26.8 Å². The lowest BCUT2D eigenvalue weighted by Gasteiger charge is -2.67. The summed E-state index contributed by atoms with van der Waals surface area (Å²) in [4.78, 5) is 50.3. The van der Waals surface area contributed by atoms with Gasteiger partial charge in [-0.25, -0.2) is 9.59 Å². The van der Waals surface area contributed by atoms with Crippen molar-refractivity contribution in [1.29, 1.82) is 0 Å². The maximum Gasteiger partial charge on any atom is 0.340 e. The molecule has 3 heterocycles. The zero-order chi connectivity index (χ0) is 25.1. The molecule has 35 heavy (non-hydrogen) atoms. The van der Waals surface area contributed by atoms with Crippen molar-refractivity contribution in [3.8, 4) is 0 Å². The SMILES string of the molecule is CC(=O)O[C@@H]1C[C@H]2CC(=O)C=C[C@]2(C)[C@H]2CC[C@@]3(C)[C@H](C4=C[C@H](O)OC4=O)OC(=O)[C@H]4O[C@]43[C@@]21C. The minimum Gasteiger partial charge on any atom is -0.462 e. The monoisotopic (exact) mass is 486 g/mol. The Bertz CT molecular complexity index is 1120. The predicted molar refractivity (Wildman–Crippen MR) is 117 cm³/mol. The molecule has 6 aliphatic rings. The van der Waals surface area contributed by atoms with E-state index in [9.17, 15) is 24.3 Å². The zero-order valence-electron chi connectivity index (χ0n) is 20.2. The fraction of sp³-hybridized carbons (Fsp3) is 0.692. The first-order chi connectivity index (χ1) is 16.4. The van der Waals surface area contributed by atoms with Gasteiger partial charge >= 0.3 is 17.9 Å². The summed E-state index contributed by atoms with van der Waals surface area (Å²) in [6.45, 7) is 7.49. The molecule has 2 saturated carbocycles. The van der Waals surface area contributed by atoms with E-state index in [0.29, 0.717) is 25.7 Å². The number of carbonyl (C=O) groups is 4. The highest BCUT2D eigenvalue weighted by molar-refractivity contribution is 5.94. The Morgan fingerprint density at radius 3 is 2.54 bits per heavy atom. The Morgan fingerprint density at radius 1 is 1.14 bits per heavy atom. The molecule has 6 rings (SSSR count). The largest absolute Gasteiger partial charge is 0.462 e. The van der Waals surface area contributed by atoms with E-state index >= 15 is 0 Å². The normalized spacial score (nSPS) is 51.7. The van der Waals surface area contributed by atoms with E-state index in [4.69, 9.17) is 18.9 Å².